The van der Waals surface area contributed by atoms with E-state index < -0.39 is 239 Å². The number of nitrogens with zero attached hydrogens (tertiary/aromatic N) is 6. The third-order valence-electron chi connectivity index (χ3n) is 16.1. The molecule has 4 unspecified atom stereocenters. The van der Waals surface area contributed by atoms with Crippen LogP contribution < -0.4 is 37.6 Å². The van der Waals surface area contributed by atoms with E-state index >= 15 is 4.39 Å². The monoisotopic (exact) mass is 1620 g/mol. The minimum atomic E-state index is -2.34. The Morgan fingerprint density at radius 3 is 1.19 bits per heavy atom. The minimum Gasteiger partial charge on any atom is -0.508 e. The van der Waals surface area contributed by atoms with Crippen molar-refractivity contribution in [2.45, 2.75) is 127 Å². The predicted molar refractivity (Wildman–Crippen MR) is 382 cm³/mol. The van der Waals surface area contributed by atoms with Crippen LogP contribution in [0, 0.1) is 0 Å². The third-order valence-corrected chi connectivity index (χ3v) is 17.3. The molecule has 2 rings (SSSR count). The fourth-order valence-electron chi connectivity index (χ4n) is 11.0. The molecule has 1 aliphatic rings. The summed E-state index contributed by atoms with van der Waals surface area (Å²) in [5, 5.41) is 101. The van der Waals surface area contributed by atoms with E-state index in [4.69, 9.17) is 24.7 Å². The van der Waals surface area contributed by atoms with Gasteiger partial charge in [0.25, 0.3) is 0 Å². The van der Waals surface area contributed by atoms with Crippen LogP contribution >= 0.6 is 11.8 Å². The molecule has 0 spiro atoms. The number of phenols is 1. The molecule has 1 aromatic carbocycles. The van der Waals surface area contributed by atoms with Gasteiger partial charge in [0.05, 0.1) is 65.4 Å². The Labute approximate surface area is 644 Å². The number of aliphatic carboxylic acids is 8. The van der Waals surface area contributed by atoms with Crippen molar-refractivity contribution in [3.63, 3.8) is 0 Å². The molecule has 1 heterocycles. The van der Waals surface area contributed by atoms with Crippen LogP contribution in [0.15, 0.2) is 24.3 Å². The number of unbranched alkanes of at least 4 members (excludes halogenated alkanes) is 2. The first-order valence-corrected chi connectivity index (χ1v) is 35.9. The summed E-state index contributed by atoms with van der Waals surface area (Å²) in [5.74, 6) is -21.0. The number of esters is 3. The Bertz CT molecular complexity index is 3350. The molecule has 1 fully saturated rings. The lowest BCUT2D eigenvalue weighted by Crippen LogP contribution is -2.60. The van der Waals surface area contributed by atoms with E-state index in [0.29, 0.717) is 17.3 Å². The molecule has 0 aromatic heterocycles. The van der Waals surface area contributed by atoms with Crippen molar-refractivity contribution in [1.29, 1.82) is 0 Å². The highest BCUT2D eigenvalue weighted by Gasteiger charge is 2.51. The lowest BCUT2D eigenvalue weighted by Gasteiger charge is -2.42. The van der Waals surface area contributed by atoms with Crippen LogP contribution in [-0.2, 0) is 112 Å². The molecule has 46 heteroatoms. The molecule has 628 valence electrons. The summed E-state index contributed by atoms with van der Waals surface area (Å²) in [6.45, 7) is -5.08. The molecule has 1 saturated heterocycles. The van der Waals surface area contributed by atoms with E-state index in [2.05, 4.69) is 31.9 Å². The molecular formula is C66H100FN13O31S. The van der Waals surface area contributed by atoms with Gasteiger partial charge in [-0.1, -0.05) is 12.1 Å². The standard InChI is InChI=1S/C66H100FN13O31S/c1-38(81)71-47(37-112-66-59(67)61(110-41(4)84)60(109-40(3)83)48(111-66)36-108-39(2)82)65(107)73-45(10-6-8-16-70-50(87)27-78(31-54(94)95)22-18-76(29-52(90)91)20-24-80(34-57(100)101)35-58(102)103)63(105)74-46(25-42-11-13-43(85)14-12-42)64(106)72-44(62(68)104)9-5-7-15-69-49(86)26-77(30-53(92)93)21-17-75(28-51(88)89)19-23-79(32-55(96)97)33-56(98)99/h11-14,44-48,59-61,66,85H,5-10,15-37H2,1-4H3,(H2,68,104)(H,69,86)(H,70,87)(H,71,81)(H,72,106)(H,73,107)(H,74,105)(H,88,89)(H,90,91)(H,92,93)(H,94,95)(H,96,97)(H,98,99)(H,100,101)(H,102,103)/t44?,45?,46?,47?,48-,59-,60-,61-,66+/m1/s1. The Morgan fingerprint density at radius 2 is 0.804 bits per heavy atom. The Kier molecular flexibility index (Phi) is 45.2. The molecule has 112 heavy (non-hydrogen) atoms. The molecule has 9 atom stereocenters. The molecule has 0 aliphatic carbocycles. The first-order valence-electron chi connectivity index (χ1n) is 34.9. The molecule has 0 bridgehead atoms. The number of phenolic OH excluding ortho intramolecular Hbond substituents is 1. The van der Waals surface area contributed by atoms with Gasteiger partial charge in [0.2, 0.25) is 41.4 Å². The van der Waals surface area contributed by atoms with Crippen LogP contribution in [-0.4, -0.2) is 380 Å². The Balaban J connectivity index is 2.49. The van der Waals surface area contributed by atoms with Crippen molar-refractivity contribution in [2.75, 3.05) is 143 Å². The average molecular weight is 1620 g/mol. The number of carboxylic acids is 8. The number of carboxylic acid groups (broad SMARTS) is 8. The summed E-state index contributed by atoms with van der Waals surface area (Å²) in [5.41, 5.74) is 4.35. The number of amides is 7. The highest BCUT2D eigenvalue weighted by Crippen LogP contribution is 2.35. The zero-order valence-electron chi connectivity index (χ0n) is 62.1. The molecule has 1 aliphatic heterocycles. The molecule has 44 nitrogen and oxygen atoms in total. The fraction of sp³-hybridized carbons (Fsp3) is 0.636. The second-order valence-corrected chi connectivity index (χ2v) is 26.8. The summed E-state index contributed by atoms with van der Waals surface area (Å²) < 4.78 is 38.0. The SMILES string of the molecule is CC(=O)NC(CS[C@@H]1O[C@H](COC(C)=O)[C@@H](OC(C)=O)[C@H](OC(C)=O)[C@H]1F)C(=O)NC(CCCCNC(=O)CN(CCN(CCN(CC(=O)O)CC(=O)O)CC(=O)O)CC(=O)O)C(=O)NC(Cc1ccc(O)cc1)C(=O)NC(CCCCNC(=O)CN(CCN(CCN(CC(=O)O)CC(=O)O)CC(=O)O)CC(=O)O)C(N)=O. The number of carbonyl (C=O) groups excluding carboxylic acids is 10. The van der Waals surface area contributed by atoms with Crippen molar-refractivity contribution in [3.05, 3.63) is 29.8 Å². The zero-order chi connectivity index (χ0) is 84.3. The number of hydrogen-bond donors (Lipinski definition) is 16. The number of alkyl halides is 1. The predicted octanol–water partition coefficient (Wildman–Crippen LogP) is -6.34. The number of aromatic hydroxyl groups is 1. The second-order valence-electron chi connectivity index (χ2n) is 25.7. The van der Waals surface area contributed by atoms with Crippen molar-refractivity contribution < 1.29 is 156 Å². The number of carbonyl (C=O) groups is 18. The van der Waals surface area contributed by atoms with Gasteiger partial charge >= 0.3 is 65.7 Å². The second kappa shape index (κ2) is 51.9. The maximum absolute atomic E-state index is 16.6. The molecular weight excluding hydrogens is 1520 g/mol. The smallest absolute Gasteiger partial charge is 0.317 e. The number of ether oxygens (including phenoxy) is 4. The summed E-state index contributed by atoms with van der Waals surface area (Å²) in [4.78, 5) is 232. The van der Waals surface area contributed by atoms with Crippen molar-refractivity contribution in [2.24, 2.45) is 5.73 Å². The summed E-state index contributed by atoms with van der Waals surface area (Å²) in [6, 6.07) is -1.25. The molecule has 0 saturated carbocycles. The van der Waals surface area contributed by atoms with Gasteiger partial charge in [0, 0.05) is 105 Å². The first kappa shape index (κ1) is 97.6. The largest absolute Gasteiger partial charge is 0.508 e. The summed E-state index contributed by atoms with van der Waals surface area (Å²) in [6.07, 6.45) is -8.19. The van der Waals surface area contributed by atoms with Gasteiger partial charge in [-0.05, 0) is 56.2 Å². The van der Waals surface area contributed by atoms with Crippen LogP contribution in [0.1, 0.15) is 71.8 Å². The van der Waals surface area contributed by atoms with E-state index in [1.165, 1.54) is 39.0 Å². The number of nitrogens with one attached hydrogen (secondary N) is 6. The molecule has 1 aromatic rings. The van der Waals surface area contributed by atoms with Crippen LogP contribution in [0.25, 0.3) is 0 Å². The molecule has 7 amide bonds. The van der Waals surface area contributed by atoms with Crippen LogP contribution in [0.5, 0.6) is 5.75 Å². The number of halogens is 1. The topological polar surface area (TPSA) is 644 Å². The number of thioether (sulfide) groups is 1. The zero-order valence-corrected chi connectivity index (χ0v) is 62.9. The number of rotatable bonds is 59. The fourth-order valence-corrected chi connectivity index (χ4v) is 12.2. The van der Waals surface area contributed by atoms with E-state index in [0.717, 1.165) is 42.4 Å². The van der Waals surface area contributed by atoms with Gasteiger partial charge in [-0.2, -0.15) is 0 Å². The lowest BCUT2D eigenvalue weighted by atomic mass is 10.0. The van der Waals surface area contributed by atoms with Crippen LogP contribution in [0.3, 0.4) is 0 Å². The highest BCUT2D eigenvalue weighted by molar-refractivity contribution is 7.99. The third kappa shape index (κ3) is 43.2. The maximum Gasteiger partial charge on any atom is 0.317 e. The number of hydrogen-bond acceptors (Lipinski definition) is 30. The van der Waals surface area contributed by atoms with Crippen LogP contribution in [0.2, 0.25) is 0 Å². The Hall–Kier alpha value is -10.5. The van der Waals surface area contributed by atoms with E-state index in [9.17, 15) is 132 Å². The van der Waals surface area contributed by atoms with Crippen molar-refractivity contribution in [1.82, 2.24) is 61.3 Å². The quantitative estimate of drug-likeness (QED) is 0.0164. The molecule has 0 radical (unpaired) electrons. The number of benzene rings is 1. The van der Waals surface area contributed by atoms with Crippen molar-refractivity contribution >= 4 is 119 Å². The summed E-state index contributed by atoms with van der Waals surface area (Å²) in [7, 11) is 0. The minimum absolute atomic E-state index is 0.00724. The average Bonchev–Trinajstić information content (AvgIpc) is 0.792. The van der Waals surface area contributed by atoms with E-state index in [1.54, 1.807) is 0 Å². The van der Waals surface area contributed by atoms with Crippen LogP contribution in [0.4, 0.5) is 4.39 Å². The lowest BCUT2D eigenvalue weighted by molar-refractivity contribution is -0.221. The van der Waals surface area contributed by atoms with E-state index in [-0.39, 0.29) is 116 Å². The number of nitrogens with two attached hydrogens (primary N) is 1. The number of primary amides is 1. The normalized spacial score (nSPS) is 16.4. The highest BCUT2D eigenvalue weighted by atomic mass is 32.2. The van der Waals surface area contributed by atoms with Gasteiger partial charge in [-0.25, -0.2) is 4.39 Å². The first-order chi connectivity index (χ1) is 52.6. The van der Waals surface area contributed by atoms with Gasteiger partial charge in [0.15, 0.2) is 18.4 Å². The van der Waals surface area contributed by atoms with E-state index in [1.807, 2.05) is 0 Å². The Morgan fingerprint density at radius 1 is 0.455 bits per heavy atom. The molecule has 17 N–H and O–H groups in total. The van der Waals surface area contributed by atoms with Gasteiger partial charge < -0.3 is 103 Å². The van der Waals surface area contributed by atoms with Gasteiger partial charge in [-0.3, -0.25) is 116 Å². The summed E-state index contributed by atoms with van der Waals surface area (Å²) >= 11 is 0.531. The van der Waals surface area contributed by atoms with Gasteiger partial charge in [0.1, 0.15) is 48.1 Å². The van der Waals surface area contributed by atoms with Crippen molar-refractivity contribution in [3.8, 4) is 5.75 Å². The van der Waals surface area contributed by atoms with Gasteiger partial charge in [-0.15, -0.1) is 11.8 Å². The maximum atomic E-state index is 16.6.